The van der Waals surface area contributed by atoms with Gasteiger partial charge in [-0.15, -0.1) is 0 Å². The summed E-state index contributed by atoms with van der Waals surface area (Å²) in [5.41, 5.74) is 0.321. The highest BCUT2D eigenvalue weighted by molar-refractivity contribution is 5.96. The van der Waals surface area contributed by atoms with Crippen molar-refractivity contribution in [2.24, 2.45) is 0 Å². The molecular weight excluding hydrogens is 224 g/mol. The summed E-state index contributed by atoms with van der Waals surface area (Å²) in [5, 5.41) is 8.80. The van der Waals surface area contributed by atoms with Crippen LogP contribution in [0.2, 0.25) is 0 Å². The molecule has 0 aliphatic rings. The standard InChI is InChI=1S/C11H14N2O4/c1-7(11(15)16)13(2)10(14)8-4-5-9(17-3)12-6-8/h4-7H,1-3H3,(H,15,16). The first-order valence-corrected chi connectivity index (χ1v) is 4.97. The molecular formula is C11H14N2O4. The van der Waals surface area contributed by atoms with Gasteiger partial charge in [0.1, 0.15) is 6.04 Å². The number of ether oxygens (including phenoxy) is 1. The summed E-state index contributed by atoms with van der Waals surface area (Å²) in [6.07, 6.45) is 1.35. The summed E-state index contributed by atoms with van der Waals surface area (Å²) in [6, 6.07) is 2.20. The first-order chi connectivity index (χ1) is 7.97. The second-order valence-corrected chi connectivity index (χ2v) is 3.52. The summed E-state index contributed by atoms with van der Waals surface area (Å²) in [4.78, 5) is 27.7. The highest BCUT2D eigenvalue weighted by Crippen LogP contribution is 2.10. The molecule has 1 rings (SSSR count). The van der Waals surface area contributed by atoms with E-state index in [1.807, 2.05) is 0 Å². The van der Waals surface area contributed by atoms with Crippen molar-refractivity contribution < 1.29 is 19.4 Å². The second-order valence-electron chi connectivity index (χ2n) is 3.52. The molecule has 0 saturated carbocycles. The van der Waals surface area contributed by atoms with Crippen molar-refractivity contribution >= 4 is 11.9 Å². The Morgan fingerprint density at radius 3 is 2.53 bits per heavy atom. The molecule has 0 aliphatic carbocycles. The van der Waals surface area contributed by atoms with Gasteiger partial charge in [-0.2, -0.15) is 0 Å². The molecule has 6 heteroatoms. The lowest BCUT2D eigenvalue weighted by atomic mass is 10.2. The molecule has 1 heterocycles. The number of carbonyl (C=O) groups is 2. The van der Waals surface area contributed by atoms with Gasteiger partial charge in [0.15, 0.2) is 0 Å². The summed E-state index contributed by atoms with van der Waals surface area (Å²) in [5.74, 6) is -1.05. The molecule has 0 radical (unpaired) electrons. The van der Waals surface area contributed by atoms with Crippen LogP contribution in [0.15, 0.2) is 18.3 Å². The Bertz CT molecular complexity index is 416. The van der Waals surface area contributed by atoms with Crippen molar-refractivity contribution in [1.29, 1.82) is 0 Å². The fourth-order valence-corrected chi connectivity index (χ4v) is 1.17. The fraction of sp³-hybridized carbons (Fsp3) is 0.364. The number of carboxylic acids is 1. The Kier molecular flexibility index (Phi) is 4.03. The van der Waals surface area contributed by atoms with Gasteiger partial charge in [0, 0.05) is 19.3 Å². The maximum absolute atomic E-state index is 11.9. The number of nitrogens with zero attached hydrogens (tertiary/aromatic N) is 2. The van der Waals surface area contributed by atoms with E-state index in [1.165, 1.54) is 27.3 Å². The Labute approximate surface area is 98.8 Å². The number of pyridine rings is 1. The third kappa shape index (κ3) is 2.93. The zero-order valence-corrected chi connectivity index (χ0v) is 9.88. The summed E-state index contributed by atoms with van der Waals surface area (Å²) in [7, 11) is 2.91. The number of amides is 1. The molecule has 6 nitrogen and oxygen atoms in total. The van der Waals surface area contributed by atoms with Crippen LogP contribution in [0.5, 0.6) is 5.88 Å². The van der Waals surface area contributed by atoms with E-state index in [1.54, 1.807) is 12.1 Å². The van der Waals surface area contributed by atoms with Gasteiger partial charge in [-0.1, -0.05) is 0 Å². The number of carboxylic acid groups (broad SMARTS) is 1. The number of aromatic nitrogens is 1. The number of methoxy groups -OCH3 is 1. The number of hydrogen-bond donors (Lipinski definition) is 1. The SMILES string of the molecule is COc1ccc(C(=O)N(C)C(C)C(=O)O)cn1. The van der Waals surface area contributed by atoms with Gasteiger partial charge in [0.2, 0.25) is 5.88 Å². The average Bonchev–Trinajstić information content (AvgIpc) is 2.36. The van der Waals surface area contributed by atoms with E-state index >= 15 is 0 Å². The lowest BCUT2D eigenvalue weighted by Crippen LogP contribution is -2.40. The normalized spacial score (nSPS) is 11.7. The molecule has 17 heavy (non-hydrogen) atoms. The van der Waals surface area contributed by atoms with E-state index < -0.39 is 17.9 Å². The maximum Gasteiger partial charge on any atom is 0.326 e. The van der Waals surface area contributed by atoms with Crippen LogP contribution < -0.4 is 4.74 Å². The van der Waals surface area contributed by atoms with Crippen LogP contribution in [0, 0.1) is 0 Å². The van der Waals surface area contributed by atoms with Crippen molar-refractivity contribution in [1.82, 2.24) is 9.88 Å². The van der Waals surface area contributed by atoms with Crippen molar-refractivity contribution in [3.05, 3.63) is 23.9 Å². The summed E-state index contributed by atoms with van der Waals surface area (Å²) < 4.78 is 4.86. The highest BCUT2D eigenvalue weighted by atomic mass is 16.5. The lowest BCUT2D eigenvalue weighted by molar-refractivity contribution is -0.141. The molecule has 92 valence electrons. The molecule has 1 N–H and O–H groups in total. The highest BCUT2D eigenvalue weighted by Gasteiger charge is 2.22. The van der Waals surface area contributed by atoms with Crippen LogP contribution in [0.1, 0.15) is 17.3 Å². The van der Waals surface area contributed by atoms with Gasteiger partial charge < -0.3 is 14.7 Å². The average molecular weight is 238 g/mol. The number of hydrogen-bond acceptors (Lipinski definition) is 4. The third-order valence-electron chi connectivity index (χ3n) is 2.45. The summed E-state index contributed by atoms with van der Waals surface area (Å²) in [6.45, 7) is 1.44. The monoisotopic (exact) mass is 238 g/mol. The Morgan fingerprint density at radius 1 is 1.47 bits per heavy atom. The molecule has 0 spiro atoms. The maximum atomic E-state index is 11.9. The molecule has 1 atom stereocenters. The number of aliphatic carboxylic acids is 1. The number of likely N-dealkylation sites (N-methyl/N-ethyl adjacent to an activating group) is 1. The van der Waals surface area contributed by atoms with E-state index in [4.69, 9.17) is 9.84 Å². The van der Waals surface area contributed by atoms with Crippen LogP contribution in [0.3, 0.4) is 0 Å². The minimum atomic E-state index is -1.05. The quantitative estimate of drug-likeness (QED) is 0.832. The molecule has 0 fully saturated rings. The van der Waals surface area contributed by atoms with Crippen LogP contribution >= 0.6 is 0 Å². The van der Waals surface area contributed by atoms with Gasteiger partial charge in [0.05, 0.1) is 12.7 Å². The van der Waals surface area contributed by atoms with Gasteiger partial charge in [-0.05, 0) is 13.0 Å². The summed E-state index contributed by atoms with van der Waals surface area (Å²) >= 11 is 0. The van der Waals surface area contributed by atoms with E-state index in [0.717, 1.165) is 4.90 Å². The third-order valence-corrected chi connectivity index (χ3v) is 2.45. The van der Waals surface area contributed by atoms with Crippen LogP contribution in [0.4, 0.5) is 0 Å². The molecule has 1 aromatic rings. The molecule has 0 aliphatic heterocycles. The number of carbonyl (C=O) groups excluding carboxylic acids is 1. The molecule has 0 aromatic carbocycles. The first kappa shape index (κ1) is 13.0. The van der Waals surface area contributed by atoms with Crippen molar-refractivity contribution in [3.8, 4) is 5.88 Å². The fourth-order valence-electron chi connectivity index (χ4n) is 1.17. The van der Waals surface area contributed by atoms with Gasteiger partial charge >= 0.3 is 5.97 Å². The van der Waals surface area contributed by atoms with Gasteiger partial charge in [-0.25, -0.2) is 9.78 Å². The van der Waals surface area contributed by atoms with E-state index in [-0.39, 0.29) is 0 Å². The molecule has 0 bridgehead atoms. The van der Waals surface area contributed by atoms with Gasteiger partial charge in [0.25, 0.3) is 5.91 Å². The Hall–Kier alpha value is -2.11. The molecule has 1 amide bonds. The van der Waals surface area contributed by atoms with Gasteiger partial charge in [-0.3, -0.25) is 4.79 Å². The van der Waals surface area contributed by atoms with Crippen LogP contribution in [-0.4, -0.2) is 47.1 Å². The van der Waals surface area contributed by atoms with Crippen molar-refractivity contribution in [2.45, 2.75) is 13.0 Å². The molecule has 1 aromatic heterocycles. The van der Waals surface area contributed by atoms with Crippen LogP contribution in [0.25, 0.3) is 0 Å². The zero-order chi connectivity index (χ0) is 13.0. The lowest BCUT2D eigenvalue weighted by Gasteiger charge is -2.21. The predicted molar refractivity (Wildman–Crippen MR) is 60.0 cm³/mol. The smallest absolute Gasteiger partial charge is 0.326 e. The largest absolute Gasteiger partial charge is 0.481 e. The Balaban J connectivity index is 2.85. The predicted octanol–water partition coefficient (Wildman–Crippen LogP) is 0.635. The van der Waals surface area contributed by atoms with E-state index in [0.29, 0.717) is 11.4 Å². The minimum absolute atomic E-state index is 0.321. The van der Waals surface area contributed by atoms with Crippen molar-refractivity contribution in [3.63, 3.8) is 0 Å². The topological polar surface area (TPSA) is 79.7 Å². The molecule has 0 saturated heterocycles. The van der Waals surface area contributed by atoms with E-state index in [2.05, 4.69) is 4.98 Å². The van der Waals surface area contributed by atoms with E-state index in [9.17, 15) is 9.59 Å². The first-order valence-electron chi connectivity index (χ1n) is 4.97. The van der Waals surface area contributed by atoms with Crippen molar-refractivity contribution in [2.75, 3.05) is 14.2 Å². The minimum Gasteiger partial charge on any atom is -0.481 e. The Morgan fingerprint density at radius 2 is 2.12 bits per heavy atom. The molecule has 1 unspecified atom stereocenters. The second kappa shape index (κ2) is 5.29. The van der Waals surface area contributed by atoms with Crippen LogP contribution in [-0.2, 0) is 4.79 Å². The zero-order valence-electron chi connectivity index (χ0n) is 9.88. The number of rotatable bonds is 4.